The van der Waals surface area contributed by atoms with Crippen molar-refractivity contribution in [1.29, 1.82) is 0 Å². The van der Waals surface area contributed by atoms with Gasteiger partial charge in [0.1, 0.15) is 5.75 Å². The van der Waals surface area contributed by atoms with Gasteiger partial charge in [0.05, 0.1) is 0 Å². The molecule has 5 nitrogen and oxygen atoms in total. The highest BCUT2D eigenvalue weighted by molar-refractivity contribution is 5.79. The zero-order valence-corrected chi connectivity index (χ0v) is 14.1. The van der Waals surface area contributed by atoms with Gasteiger partial charge < -0.3 is 20.5 Å². The van der Waals surface area contributed by atoms with Crippen LogP contribution in [-0.2, 0) is 6.42 Å². The van der Waals surface area contributed by atoms with E-state index in [0.717, 1.165) is 5.56 Å². The van der Waals surface area contributed by atoms with E-state index < -0.39 is 6.36 Å². The number of aliphatic hydroxyl groups is 1. The SMILES string of the molecule is C=CCNC(=NCC(CO)Cc1ccc(OC(F)(F)F)cc1)NCC. The molecule has 0 saturated carbocycles. The number of benzene rings is 1. The van der Waals surface area contributed by atoms with Crippen molar-refractivity contribution in [2.75, 3.05) is 26.2 Å². The third-order valence-corrected chi connectivity index (χ3v) is 3.21. The molecule has 0 fully saturated rings. The fourth-order valence-electron chi connectivity index (χ4n) is 2.08. The monoisotopic (exact) mass is 359 g/mol. The van der Waals surface area contributed by atoms with Crippen LogP contribution in [0.2, 0.25) is 0 Å². The van der Waals surface area contributed by atoms with Gasteiger partial charge >= 0.3 is 6.36 Å². The van der Waals surface area contributed by atoms with E-state index in [9.17, 15) is 18.3 Å². The second kappa shape index (κ2) is 10.6. The summed E-state index contributed by atoms with van der Waals surface area (Å²) in [6.45, 7) is 7.14. The maximum atomic E-state index is 12.1. The number of alkyl halides is 3. The molecule has 8 heteroatoms. The first kappa shape index (κ1) is 20.8. The summed E-state index contributed by atoms with van der Waals surface area (Å²) >= 11 is 0. The molecule has 0 spiro atoms. The lowest BCUT2D eigenvalue weighted by molar-refractivity contribution is -0.274. The van der Waals surface area contributed by atoms with Crippen LogP contribution in [0, 0.1) is 5.92 Å². The van der Waals surface area contributed by atoms with E-state index in [-0.39, 0.29) is 18.3 Å². The summed E-state index contributed by atoms with van der Waals surface area (Å²) in [6, 6.07) is 5.62. The topological polar surface area (TPSA) is 65.9 Å². The quantitative estimate of drug-likeness (QED) is 0.360. The highest BCUT2D eigenvalue weighted by Gasteiger charge is 2.30. The lowest BCUT2D eigenvalue weighted by Gasteiger charge is -2.15. The molecule has 25 heavy (non-hydrogen) atoms. The van der Waals surface area contributed by atoms with Gasteiger partial charge in [-0.25, -0.2) is 0 Å². The maximum Gasteiger partial charge on any atom is 0.573 e. The minimum absolute atomic E-state index is 0.0782. The van der Waals surface area contributed by atoms with E-state index in [4.69, 9.17) is 0 Å². The van der Waals surface area contributed by atoms with Gasteiger partial charge in [0.15, 0.2) is 5.96 Å². The van der Waals surface area contributed by atoms with Crippen LogP contribution in [0.1, 0.15) is 12.5 Å². The lowest BCUT2D eigenvalue weighted by atomic mass is 10.0. The molecule has 0 bridgehead atoms. The number of aliphatic imine (C=N–C) groups is 1. The summed E-state index contributed by atoms with van der Waals surface area (Å²) < 4.78 is 40.3. The Balaban J connectivity index is 2.63. The Morgan fingerprint density at radius 2 is 2.00 bits per heavy atom. The van der Waals surface area contributed by atoms with Gasteiger partial charge in [0, 0.05) is 32.2 Å². The van der Waals surface area contributed by atoms with Crippen LogP contribution in [0.25, 0.3) is 0 Å². The number of hydrogen-bond acceptors (Lipinski definition) is 3. The number of hydrogen-bond donors (Lipinski definition) is 3. The molecule has 0 aliphatic heterocycles. The van der Waals surface area contributed by atoms with E-state index in [2.05, 4.69) is 26.9 Å². The number of ether oxygens (including phenoxy) is 1. The van der Waals surface area contributed by atoms with Crippen LogP contribution in [0.15, 0.2) is 41.9 Å². The van der Waals surface area contributed by atoms with Crippen molar-refractivity contribution in [3.05, 3.63) is 42.5 Å². The molecule has 0 radical (unpaired) electrons. The average Bonchev–Trinajstić information content (AvgIpc) is 2.56. The highest BCUT2D eigenvalue weighted by Crippen LogP contribution is 2.23. The second-order valence-corrected chi connectivity index (χ2v) is 5.33. The normalized spacial score (nSPS) is 13.2. The molecule has 0 amide bonds. The first-order chi connectivity index (χ1) is 11.9. The van der Waals surface area contributed by atoms with Crippen LogP contribution in [0.5, 0.6) is 5.75 Å². The molecule has 1 unspecified atom stereocenters. The van der Waals surface area contributed by atoms with Gasteiger partial charge in [0.25, 0.3) is 0 Å². The Kier molecular flexibility index (Phi) is 8.83. The van der Waals surface area contributed by atoms with Crippen LogP contribution in [0.4, 0.5) is 13.2 Å². The summed E-state index contributed by atoms with van der Waals surface area (Å²) in [5, 5.41) is 15.6. The minimum atomic E-state index is -4.70. The molecular formula is C17H24F3N3O2. The average molecular weight is 359 g/mol. The molecule has 0 saturated heterocycles. The third-order valence-electron chi connectivity index (χ3n) is 3.21. The molecule has 0 aliphatic carbocycles. The molecule has 1 aromatic rings. The predicted octanol–water partition coefficient (Wildman–Crippen LogP) is 2.48. The number of nitrogens with one attached hydrogen (secondary N) is 2. The Bertz CT molecular complexity index is 545. The molecular weight excluding hydrogens is 335 g/mol. The minimum Gasteiger partial charge on any atom is -0.406 e. The van der Waals surface area contributed by atoms with E-state index in [1.54, 1.807) is 18.2 Å². The van der Waals surface area contributed by atoms with E-state index in [1.165, 1.54) is 12.1 Å². The molecule has 1 rings (SSSR count). The first-order valence-electron chi connectivity index (χ1n) is 7.96. The Hall–Kier alpha value is -2.22. The van der Waals surface area contributed by atoms with Gasteiger partial charge in [0.2, 0.25) is 0 Å². The zero-order valence-electron chi connectivity index (χ0n) is 14.1. The van der Waals surface area contributed by atoms with E-state index in [0.29, 0.717) is 32.0 Å². The summed E-state index contributed by atoms with van der Waals surface area (Å²) in [5.74, 6) is 0.209. The molecule has 0 heterocycles. The number of halogens is 3. The summed E-state index contributed by atoms with van der Waals surface area (Å²) in [4.78, 5) is 4.40. The van der Waals surface area contributed by atoms with Crippen LogP contribution < -0.4 is 15.4 Å². The molecule has 3 N–H and O–H groups in total. The Morgan fingerprint density at radius 1 is 1.32 bits per heavy atom. The second-order valence-electron chi connectivity index (χ2n) is 5.33. The van der Waals surface area contributed by atoms with E-state index >= 15 is 0 Å². The number of aliphatic hydroxyl groups excluding tert-OH is 1. The van der Waals surface area contributed by atoms with Crippen molar-refractivity contribution in [3.8, 4) is 5.75 Å². The van der Waals surface area contributed by atoms with Gasteiger partial charge in [-0.1, -0.05) is 18.2 Å². The predicted molar refractivity (Wildman–Crippen MR) is 91.6 cm³/mol. The Labute approximate surface area is 145 Å². The number of nitrogens with zero attached hydrogens (tertiary/aromatic N) is 1. The summed E-state index contributed by atoms with van der Waals surface area (Å²) in [6.07, 6.45) is -2.50. The van der Waals surface area contributed by atoms with Crippen molar-refractivity contribution >= 4 is 5.96 Å². The highest BCUT2D eigenvalue weighted by atomic mass is 19.4. The third kappa shape index (κ3) is 8.99. The summed E-state index contributed by atoms with van der Waals surface area (Å²) in [5.41, 5.74) is 0.799. The standard InChI is InChI=1S/C17H24F3N3O2/c1-3-9-22-16(21-4-2)23-11-14(12-24)10-13-5-7-15(8-6-13)25-17(18,19)20/h3,5-8,14,24H,1,4,9-12H2,2H3,(H2,21,22,23). The number of rotatable bonds is 9. The smallest absolute Gasteiger partial charge is 0.406 e. The van der Waals surface area contributed by atoms with Crippen molar-refractivity contribution in [1.82, 2.24) is 10.6 Å². The Morgan fingerprint density at radius 3 is 2.52 bits per heavy atom. The fraction of sp³-hybridized carbons (Fsp3) is 0.471. The van der Waals surface area contributed by atoms with Gasteiger partial charge in [-0.15, -0.1) is 19.8 Å². The van der Waals surface area contributed by atoms with Crippen molar-refractivity contribution < 1.29 is 23.0 Å². The van der Waals surface area contributed by atoms with Gasteiger partial charge in [-0.3, -0.25) is 4.99 Å². The van der Waals surface area contributed by atoms with Crippen molar-refractivity contribution in [2.24, 2.45) is 10.9 Å². The molecule has 1 atom stereocenters. The summed E-state index contributed by atoms with van der Waals surface area (Å²) in [7, 11) is 0. The van der Waals surface area contributed by atoms with Crippen LogP contribution in [0.3, 0.4) is 0 Å². The van der Waals surface area contributed by atoms with Crippen molar-refractivity contribution in [2.45, 2.75) is 19.7 Å². The van der Waals surface area contributed by atoms with Gasteiger partial charge in [-0.2, -0.15) is 0 Å². The van der Waals surface area contributed by atoms with E-state index in [1.807, 2.05) is 6.92 Å². The van der Waals surface area contributed by atoms with Crippen LogP contribution in [-0.4, -0.2) is 43.7 Å². The molecule has 140 valence electrons. The fourth-order valence-corrected chi connectivity index (χ4v) is 2.08. The maximum absolute atomic E-state index is 12.1. The molecule has 0 aromatic heterocycles. The molecule has 0 aliphatic rings. The lowest BCUT2D eigenvalue weighted by Crippen LogP contribution is -2.37. The largest absolute Gasteiger partial charge is 0.573 e. The van der Waals surface area contributed by atoms with Crippen LogP contribution >= 0.6 is 0 Å². The van der Waals surface area contributed by atoms with Gasteiger partial charge in [-0.05, 0) is 31.0 Å². The number of guanidine groups is 1. The van der Waals surface area contributed by atoms with Crippen molar-refractivity contribution in [3.63, 3.8) is 0 Å². The first-order valence-corrected chi connectivity index (χ1v) is 7.96. The molecule has 1 aromatic carbocycles. The zero-order chi connectivity index (χ0) is 18.7.